The lowest BCUT2D eigenvalue weighted by Crippen LogP contribution is -2.01. The van der Waals surface area contributed by atoms with Gasteiger partial charge in [-0.15, -0.1) is 0 Å². The molecule has 3 rings (SSSR count). The molecule has 0 aliphatic heterocycles. The minimum atomic E-state index is 0.424. The van der Waals surface area contributed by atoms with Gasteiger partial charge in [0.2, 0.25) is 0 Å². The molecule has 0 bridgehead atoms. The zero-order chi connectivity index (χ0) is 13.4. The van der Waals surface area contributed by atoms with Gasteiger partial charge in [-0.2, -0.15) is 0 Å². The fourth-order valence-electron chi connectivity index (χ4n) is 2.13. The molecule has 0 radical (unpaired) electrons. The Hall–Kier alpha value is -1.90. The second-order valence-corrected chi connectivity index (χ2v) is 5.59. The van der Waals surface area contributed by atoms with Crippen LogP contribution < -0.4 is 5.73 Å². The molecule has 1 aliphatic rings. The van der Waals surface area contributed by atoms with Crippen LogP contribution in [0.4, 0.5) is 5.69 Å². The van der Waals surface area contributed by atoms with Crippen LogP contribution in [0.3, 0.4) is 0 Å². The molecule has 0 saturated heterocycles. The lowest BCUT2D eigenvalue weighted by atomic mass is 10.1. The summed E-state index contributed by atoms with van der Waals surface area (Å²) in [5, 5.41) is 0. The Morgan fingerprint density at radius 2 is 1.79 bits per heavy atom. The summed E-state index contributed by atoms with van der Waals surface area (Å²) < 4.78 is 0. The van der Waals surface area contributed by atoms with Crippen LogP contribution >= 0.6 is 0 Å². The molecule has 1 saturated carbocycles. The number of hydrogen-bond acceptors (Lipinski definition) is 3. The predicted octanol–water partition coefficient (Wildman–Crippen LogP) is 3.73. The second-order valence-electron chi connectivity index (χ2n) is 5.59. The maximum absolute atomic E-state index is 5.73. The van der Waals surface area contributed by atoms with E-state index in [2.05, 4.69) is 19.9 Å². The number of anilines is 1. The third-order valence-electron chi connectivity index (χ3n) is 3.52. The maximum Gasteiger partial charge on any atom is 0.159 e. The van der Waals surface area contributed by atoms with E-state index in [1.54, 1.807) is 0 Å². The SMILES string of the molecule is CC(C)c1cc(C2CC2)nc(-c2ccc(N)cc2)n1. The summed E-state index contributed by atoms with van der Waals surface area (Å²) in [6.45, 7) is 4.34. The van der Waals surface area contributed by atoms with E-state index in [-0.39, 0.29) is 0 Å². The monoisotopic (exact) mass is 253 g/mol. The van der Waals surface area contributed by atoms with Crippen molar-refractivity contribution in [1.82, 2.24) is 9.97 Å². The molecule has 1 aromatic carbocycles. The fourth-order valence-corrected chi connectivity index (χ4v) is 2.13. The van der Waals surface area contributed by atoms with E-state index in [1.807, 2.05) is 24.3 Å². The van der Waals surface area contributed by atoms with E-state index in [0.29, 0.717) is 11.8 Å². The highest BCUT2D eigenvalue weighted by molar-refractivity contribution is 5.59. The Balaban J connectivity index is 2.06. The highest BCUT2D eigenvalue weighted by atomic mass is 14.9. The summed E-state index contributed by atoms with van der Waals surface area (Å²) >= 11 is 0. The molecule has 3 nitrogen and oxygen atoms in total. The number of benzene rings is 1. The largest absolute Gasteiger partial charge is 0.399 e. The van der Waals surface area contributed by atoms with Crippen LogP contribution in [0, 0.1) is 0 Å². The molecule has 1 aliphatic carbocycles. The van der Waals surface area contributed by atoms with Crippen LogP contribution in [0.15, 0.2) is 30.3 Å². The number of nitrogens with two attached hydrogens (primary N) is 1. The topological polar surface area (TPSA) is 51.8 Å². The number of rotatable bonds is 3. The summed E-state index contributed by atoms with van der Waals surface area (Å²) in [5.74, 6) is 1.90. The van der Waals surface area contributed by atoms with Crippen molar-refractivity contribution in [3.05, 3.63) is 41.7 Å². The Kier molecular flexibility index (Phi) is 2.97. The molecule has 2 aromatic rings. The van der Waals surface area contributed by atoms with Crippen LogP contribution in [0.2, 0.25) is 0 Å². The summed E-state index contributed by atoms with van der Waals surface area (Å²) in [7, 11) is 0. The average molecular weight is 253 g/mol. The first-order valence-electron chi connectivity index (χ1n) is 6.88. The minimum absolute atomic E-state index is 0.424. The highest BCUT2D eigenvalue weighted by Crippen LogP contribution is 2.40. The maximum atomic E-state index is 5.73. The van der Waals surface area contributed by atoms with Crippen LogP contribution in [-0.4, -0.2) is 9.97 Å². The van der Waals surface area contributed by atoms with Gasteiger partial charge in [-0.25, -0.2) is 9.97 Å². The molecule has 98 valence electrons. The lowest BCUT2D eigenvalue weighted by Gasteiger charge is -2.10. The number of nitrogen functional groups attached to an aromatic ring is 1. The molecule has 0 amide bonds. The van der Waals surface area contributed by atoms with Gasteiger partial charge in [0.25, 0.3) is 0 Å². The van der Waals surface area contributed by atoms with Crippen molar-refractivity contribution in [3.8, 4) is 11.4 Å². The van der Waals surface area contributed by atoms with Crippen LogP contribution in [-0.2, 0) is 0 Å². The van der Waals surface area contributed by atoms with Gasteiger partial charge in [0, 0.05) is 28.6 Å². The average Bonchev–Trinajstić information content (AvgIpc) is 3.23. The first-order chi connectivity index (χ1) is 9.13. The quantitative estimate of drug-likeness (QED) is 0.848. The van der Waals surface area contributed by atoms with Gasteiger partial charge < -0.3 is 5.73 Å². The van der Waals surface area contributed by atoms with E-state index in [9.17, 15) is 0 Å². The molecule has 2 N–H and O–H groups in total. The standard InChI is InChI=1S/C16H19N3/c1-10(2)14-9-15(11-3-4-11)19-16(18-14)12-5-7-13(17)8-6-12/h5-11H,3-4,17H2,1-2H3. The van der Waals surface area contributed by atoms with Gasteiger partial charge in [-0.1, -0.05) is 13.8 Å². The zero-order valence-electron chi connectivity index (χ0n) is 11.4. The Bertz CT molecular complexity index is 563. The van der Waals surface area contributed by atoms with E-state index in [4.69, 9.17) is 15.7 Å². The predicted molar refractivity (Wildman–Crippen MR) is 77.9 cm³/mol. The molecule has 0 atom stereocenters. The first kappa shape index (κ1) is 12.2. The number of aromatic nitrogens is 2. The molecule has 3 heteroatoms. The summed E-state index contributed by atoms with van der Waals surface area (Å²) in [6.07, 6.45) is 2.52. The van der Waals surface area contributed by atoms with Gasteiger partial charge in [0.15, 0.2) is 5.82 Å². The Morgan fingerprint density at radius 1 is 1.11 bits per heavy atom. The van der Waals surface area contributed by atoms with Gasteiger partial charge >= 0.3 is 0 Å². The van der Waals surface area contributed by atoms with Crippen LogP contribution in [0.5, 0.6) is 0 Å². The van der Waals surface area contributed by atoms with Crippen LogP contribution in [0.1, 0.15) is 49.9 Å². The van der Waals surface area contributed by atoms with Gasteiger partial charge in [-0.3, -0.25) is 0 Å². The van der Waals surface area contributed by atoms with Crippen molar-refractivity contribution in [2.24, 2.45) is 0 Å². The fraction of sp³-hybridized carbons (Fsp3) is 0.375. The van der Waals surface area contributed by atoms with Crippen molar-refractivity contribution < 1.29 is 0 Å². The third-order valence-corrected chi connectivity index (χ3v) is 3.52. The lowest BCUT2D eigenvalue weighted by molar-refractivity contribution is 0.804. The van der Waals surface area contributed by atoms with E-state index < -0.39 is 0 Å². The van der Waals surface area contributed by atoms with Gasteiger partial charge in [0.1, 0.15) is 0 Å². The molecular formula is C16H19N3. The van der Waals surface area contributed by atoms with Crippen molar-refractivity contribution in [1.29, 1.82) is 0 Å². The number of hydrogen-bond donors (Lipinski definition) is 1. The van der Waals surface area contributed by atoms with Crippen molar-refractivity contribution in [3.63, 3.8) is 0 Å². The summed E-state index contributed by atoms with van der Waals surface area (Å²) in [5.41, 5.74) is 9.87. The van der Waals surface area contributed by atoms with E-state index in [0.717, 1.165) is 22.8 Å². The van der Waals surface area contributed by atoms with Crippen molar-refractivity contribution in [2.75, 3.05) is 5.73 Å². The van der Waals surface area contributed by atoms with E-state index >= 15 is 0 Å². The smallest absolute Gasteiger partial charge is 0.159 e. The van der Waals surface area contributed by atoms with Crippen LogP contribution in [0.25, 0.3) is 11.4 Å². The molecule has 1 aromatic heterocycles. The highest BCUT2D eigenvalue weighted by Gasteiger charge is 2.26. The number of nitrogens with zero attached hydrogens (tertiary/aromatic N) is 2. The third kappa shape index (κ3) is 2.60. The van der Waals surface area contributed by atoms with E-state index in [1.165, 1.54) is 18.5 Å². The molecule has 0 unspecified atom stereocenters. The second kappa shape index (κ2) is 4.65. The first-order valence-corrected chi connectivity index (χ1v) is 6.88. The minimum Gasteiger partial charge on any atom is -0.399 e. The summed E-state index contributed by atoms with van der Waals surface area (Å²) in [4.78, 5) is 9.42. The Labute approximate surface area is 113 Å². The molecule has 1 heterocycles. The molecular weight excluding hydrogens is 234 g/mol. The summed E-state index contributed by atoms with van der Waals surface area (Å²) in [6, 6.07) is 9.95. The molecule has 0 spiro atoms. The molecule has 19 heavy (non-hydrogen) atoms. The van der Waals surface area contributed by atoms with Crippen molar-refractivity contribution >= 4 is 5.69 Å². The van der Waals surface area contributed by atoms with Gasteiger partial charge in [0.05, 0.1) is 0 Å². The van der Waals surface area contributed by atoms with Gasteiger partial charge in [-0.05, 0) is 49.1 Å². The zero-order valence-corrected chi connectivity index (χ0v) is 11.4. The normalized spacial score (nSPS) is 14.9. The Morgan fingerprint density at radius 3 is 2.37 bits per heavy atom. The van der Waals surface area contributed by atoms with Crippen molar-refractivity contribution in [2.45, 2.75) is 38.5 Å². The molecule has 1 fully saturated rings.